The summed E-state index contributed by atoms with van der Waals surface area (Å²) in [6.45, 7) is 0. The molecule has 0 saturated carbocycles. The van der Waals surface area contributed by atoms with E-state index in [4.69, 9.17) is 5.11 Å². The van der Waals surface area contributed by atoms with E-state index in [1.54, 1.807) is 54.6 Å². The van der Waals surface area contributed by atoms with Gasteiger partial charge in [-0.25, -0.2) is 4.79 Å². The van der Waals surface area contributed by atoms with Crippen LogP contribution >= 0.6 is 12.6 Å². The number of carboxylic acids is 1. The molecule has 4 aromatic rings. The number of nitrogens with one attached hydrogen (secondary N) is 1. The van der Waals surface area contributed by atoms with Crippen LogP contribution in [0.25, 0.3) is 21.9 Å². The largest absolute Gasteiger partial charge is 0.507 e. The van der Waals surface area contributed by atoms with Gasteiger partial charge in [0.15, 0.2) is 0 Å². The number of carbonyl (C=O) groups is 2. The summed E-state index contributed by atoms with van der Waals surface area (Å²) in [6.07, 6.45) is 0. The Bertz CT molecular complexity index is 1270. The highest BCUT2D eigenvalue weighted by molar-refractivity contribution is 7.80. The van der Waals surface area contributed by atoms with Crippen LogP contribution in [0.4, 0.5) is 5.69 Å². The highest BCUT2D eigenvalue weighted by Crippen LogP contribution is 2.30. The highest BCUT2D eigenvalue weighted by atomic mass is 32.1. The fourth-order valence-corrected chi connectivity index (χ4v) is 3.48. The van der Waals surface area contributed by atoms with E-state index in [1.807, 2.05) is 24.3 Å². The molecular weight excluding hydrogens is 398 g/mol. The maximum Gasteiger partial charge on any atom is 0.335 e. The third-order valence-corrected chi connectivity index (χ3v) is 5.05. The molecule has 0 atom stereocenters. The molecule has 0 unspecified atom stereocenters. The number of carboxylic acid groups (broad SMARTS) is 1. The first-order valence-electron chi connectivity index (χ1n) is 9.11. The second kappa shape index (κ2) is 7.93. The van der Waals surface area contributed by atoms with Crippen molar-refractivity contribution in [2.45, 2.75) is 4.90 Å². The van der Waals surface area contributed by atoms with Gasteiger partial charge in [-0.2, -0.15) is 0 Å². The monoisotopic (exact) mass is 415 g/mol. The summed E-state index contributed by atoms with van der Waals surface area (Å²) in [5.74, 6) is -1.14. The van der Waals surface area contributed by atoms with Gasteiger partial charge in [0.2, 0.25) is 0 Å². The van der Waals surface area contributed by atoms with Gasteiger partial charge >= 0.3 is 5.97 Å². The van der Waals surface area contributed by atoms with Crippen LogP contribution < -0.4 is 5.32 Å². The Hall–Kier alpha value is -3.77. The Morgan fingerprint density at radius 1 is 0.767 bits per heavy atom. The van der Waals surface area contributed by atoms with Crippen LogP contribution in [0.3, 0.4) is 0 Å². The molecule has 148 valence electrons. The number of aromatic hydroxyl groups is 1. The number of phenolic OH excluding ortho intramolecular Hbond substituents is 1. The number of anilines is 1. The summed E-state index contributed by atoms with van der Waals surface area (Å²) in [5, 5.41) is 23.4. The molecule has 5 nitrogen and oxygen atoms in total. The average Bonchev–Trinajstić information content (AvgIpc) is 2.74. The van der Waals surface area contributed by atoms with Crippen LogP contribution in [0.1, 0.15) is 20.7 Å². The summed E-state index contributed by atoms with van der Waals surface area (Å²) >= 11 is 4.25. The SMILES string of the molecule is O=C(O)c1ccc(-c2ccc(C(=O)Nc3ccc4cc(S)cc(O)c4c3)cc2)cc1. The molecule has 0 bridgehead atoms. The molecule has 1 amide bonds. The molecule has 4 aromatic carbocycles. The Morgan fingerprint density at radius 3 is 1.97 bits per heavy atom. The number of carbonyl (C=O) groups excluding carboxylic acids is 1. The van der Waals surface area contributed by atoms with Gasteiger partial charge in [-0.1, -0.05) is 30.3 Å². The van der Waals surface area contributed by atoms with Crippen LogP contribution in [0, 0.1) is 0 Å². The number of rotatable bonds is 4. The zero-order chi connectivity index (χ0) is 21.3. The van der Waals surface area contributed by atoms with E-state index in [-0.39, 0.29) is 17.2 Å². The molecule has 0 aliphatic carbocycles. The lowest BCUT2D eigenvalue weighted by molar-refractivity contribution is 0.0696. The van der Waals surface area contributed by atoms with Crippen LogP contribution in [0.2, 0.25) is 0 Å². The molecule has 0 saturated heterocycles. The molecule has 4 rings (SSSR count). The molecule has 30 heavy (non-hydrogen) atoms. The number of hydrogen-bond acceptors (Lipinski definition) is 4. The molecule has 3 N–H and O–H groups in total. The molecule has 0 radical (unpaired) electrons. The fourth-order valence-electron chi connectivity index (χ4n) is 3.22. The smallest absolute Gasteiger partial charge is 0.335 e. The van der Waals surface area contributed by atoms with Crippen molar-refractivity contribution in [3.8, 4) is 16.9 Å². The summed E-state index contributed by atoms with van der Waals surface area (Å²) in [7, 11) is 0. The van der Waals surface area contributed by atoms with Gasteiger partial charge in [0.05, 0.1) is 5.56 Å². The van der Waals surface area contributed by atoms with Crippen molar-refractivity contribution in [3.05, 3.63) is 90.0 Å². The van der Waals surface area contributed by atoms with Crippen molar-refractivity contribution < 1.29 is 19.8 Å². The normalized spacial score (nSPS) is 10.7. The quantitative estimate of drug-likeness (QED) is 0.334. The second-order valence-electron chi connectivity index (χ2n) is 6.81. The number of benzene rings is 4. The summed E-state index contributed by atoms with van der Waals surface area (Å²) < 4.78 is 0. The van der Waals surface area contributed by atoms with Gasteiger partial charge in [0.1, 0.15) is 5.75 Å². The summed E-state index contributed by atoms with van der Waals surface area (Å²) in [4.78, 5) is 24.2. The number of fused-ring (bicyclic) bond motifs is 1. The van der Waals surface area contributed by atoms with E-state index in [2.05, 4.69) is 17.9 Å². The first-order valence-corrected chi connectivity index (χ1v) is 9.56. The van der Waals surface area contributed by atoms with E-state index >= 15 is 0 Å². The maximum absolute atomic E-state index is 12.6. The number of hydrogen-bond donors (Lipinski definition) is 4. The fraction of sp³-hybridized carbons (Fsp3) is 0. The molecule has 0 aliphatic heterocycles. The third-order valence-electron chi connectivity index (χ3n) is 4.79. The zero-order valence-electron chi connectivity index (χ0n) is 15.7. The summed E-state index contributed by atoms with van der Waals surface area (Å²) in [6, 6.07) is 22.3. The minimum Gasteiger partial charge on any atom is -0.507 e. The second-order valence-corrected chi connectivity index (χ2v) is 7.33. The zero-order valence-corrected chi connectivity index (χ0v) is 16.6. The predicted molar refractivity (Wildman–Crippen MR) is 120 cm³/mol. The molecule has 0 fully saturated rings. The highest BCUT2D eigenvalue weighted by Gasteiger charge is 2.09. The van der Waals surface area contributed by atoms with Crippen LogP contribution in [0.15, 0.2) is 83.8 Å². The topological polar surface area (TPSA) is 86.6 Å². The van der Waals surface area contributed by atoms with Crippen molar-refractivity contribution in [2.24, 2.45) is 0 Å². The van der Waals surface area contributed by atoms with E-state index in [0.29, 0.717) is 21.5 Å². The Balaban J connectivity index is 1.52. The van der Waals surface area contributed by atoms with Gasteiger partial charge in [0, 0.05) is 21.5 Å². The lowest BCUT2D eigenvalue weighted by Crippen LogP contribution is -2.11. The Morgan fingerprint density at radius 2 is 1.37 bits per heavy atom. The minimum absolute atomic E-state index is 0.104. The molecule has 6 heteroatoms. The van der Waals surface area contributed by atoms with Gasteiger partial charge in [-0.15, -0.1) is 12.6 Å². The minimum atomic E-state index is -0.971. The van der Waals surface area contributed by atoms with Gasteiger partial charge < -0.3 is 15.5 Å². The number of thiol groups is 1. The lowest BCUT2D eigenvalue weighted by Gasteiger charge is -2.09. The molecule has 0 heterocycles. The van der Waals surface area contributed by atoms with Gasteiger partial charge in [-0.05, 0) is 65.0 Å². The van der Waals surface area contributed by atoms with E-state index in [0.717, 1.165) is 16.5 Å². The van der Waals surface area contributed by atoms with E-state index in [9.17, 15) is 14.7 Å². The van der Waals surface area contributed by atoms with Gasteiger partial charge in [0.25, 0.3) is 5.91 Å². The molecule has 0 aliphatic rings. The first kappa shape index (κ1) is 19.5. The van der Waals surface area contributed by atoms with Crippen molar-refractivity contribution in [1.29, 1.82) is 0 Å². The van der Waals surface area contributed by atoms with E-state index in [1.165, 1.54) is 0 Å². The molecular formula is C24H17NO4S. The molecule has 0 spiro atoms. The third kappa shape index (κ3) is 3.99. The Labute approximate surface area is 178 Å². The van der Waals surface area contributed by atoms with Crippen LogP contribution in [-0.4, -0.2) is 22.1 Å². The van der Waals surface area contributed by atoms with Gasteiger partial charge in [-0.3, -0.25) is 4.79 Å². The standard InChI is InChI=1S/C24H17NO4S/c26-22-13-20(30)11-18-9-10-19(12-21(18)22)25-23(27)16-5-1-14(2-6-16)15-3-7-17(8-4-15)24(28)29/h1-13,26,30H,(H,25,27)(H,28,29). The lowest BCUT2D eigenvalue weighted by atomic mass is 10.0. The summed E-state index contributed by atoms with van der Waals surface area (Å²) in [5.41, 5.74) is 3.02. The number of aromatic carboxylic acids is 1. The molecule has 0 aromatic heterocycles. The van der Waals surface area contributed by atoms with Crippen LogP contribution in [0.5, 0.6) is 5.75 Å². The number of phenols is 1. The van der Waals surface area contributed by atoms with Crippen molar-refractivity contribution in [1.82, 2.24) is 0 Å². The van der Waals surface area contributed by atoms with Crippen molar-refractivity contribution in [2.75, 3.05) is 5.32 Å². The van der Waals surface area contributed by atoms with Crippen LogP contribution in [-0.2, 0) is 0 Å². The predicted octanol–water partition coefficient (Wildman–Crippen LogP) is 5.45. The average molecular weight is 415 g/mol. The van der Waals surface area contributed by atoms with E-state index < -0.39 is 5.97 Å². The Kier molecular flexibility index (Phi) is 5.16. The maximum atomic E-state index is 12.6. The first-order chi connectivity index (χ1) is 14.4. The van der Waals surface area contributed by atoms with Crippen molar-refractivity contribution in [3.63, 3.8) is 0 Å². The number of amides is 1. The van der Waals surface area contributed by atoms with Crippen molar-refractivity contribution >= 4 is 41.0 Å².